The standard InChI is InChI=1S/C28H31F3N6O4S2/c1-17(18-9-11-20(12-10-18)43(40,41)37-27(2,3)4)33-26-35-23-14-13-22(19-7-6-8-21(15-19)42(5,38)39)34-24(23)25(36-26)32-16-28(29,30)31/h6-15,17,37H,16H2,1-5H3,(H2,32,33,35,36)/t17-/m1/s1. The van der Waals surface area contributed by atoms with Crippen LogP contribution in [0.4, 0.5) is 24.9 Å². The van der Waals surface area contributed by atoms with Crippen molar-refractivity contribution in [2.75, 3.05) is 23.4 Å². The first-order chi connectivity index (χ1) is 19.8. The predicted octanol–water partition coefficient (Wildman–Crippen LogP) is 5.32. The molecule has 1 atom stereocenters. The quantitative estimate of drug-likeness (QED) is 0.222. The summed E-state index contributed by atoms with van der Waals surface area (Å²) in [5, 5.41) is 5.34. The second-order valence-corrected chi connectivity index (χ2v) is 14.7. The Morgan fingerprint density at radius 2 is 1.53 bits per heavy atom. The minimum absolute atomic E-state index is 0.0180. The van der Waals surface area contributed by atoms with E-state index in [1.165, 1.54) is 24.3 Å². The fourth-order valence-corrected chi connectivity index (χ4v) is 6.19. The highest BCUT2D eigenvalue weighted by atomic mass is 32.2. The minimum atomic E-state index is -4.54. The molecule has 0 spiro atoms. The average molecular weight is 637 g/mol. The molecule has 2 aromatic carbocycles. The highest BCUT2D eigenvalue weighted by Crippen LogP contribution is 2.29. The van der Waals surface area contributed by atoms with Crippen LogP contribution in [-0.4, -0.2) is 56.3 Å². The number of fused-ring (bicyclic) bond motifs is 1. The van der Waals surface area contributed by atoms with Crippen molar-refractivity contribution in [3.8, 4) is 11.3 Å². The molecule has 0 aliphatic carbocycles. The molecule has 4 rings (SSSR count). The van der Waals surface area contributed by atoms with Gasteiger partial charge in [-0.05, 0) is 69.7 Å². The van der Waals surface area contributed by atoms with Gasteiger partial charge in [-0.25, -0.2) is 31.5 Å². The van der Waals surface area contributed by atoms with Gasteiger partial charge in [0.15, 0.2) is 15.7 Å². The molecule has 4 aromatic rings. The molecule has 230 valence electrons. The van der Waals surface area contributed by atoms with Crippen LogP contribution in [0.5, 0.6) is 0 Å². The molecule has 0 saturated heterocycles. The lowest BCUT2D eigenvalue weighted by Crippen LogP contribution is -2.40. The summed E-state index contributed by atoms with van der Waals surface area (Å²) in [6.45, 7) is 5.60. The van der Waals surface area contributed by atoms with E-state index in [2.05, 4.69) is 30.3 Å². The maximum absolute atomic E-state index is 13.1. The minimum Gasteiger partial charge on any atom is -0.359 e. The van der Waals surface area contributed by atoms with Crippen LogP contribution < -0.4 is 15.4 Å². The molecule has 0 radical (unpaired) electrons. The molecule has 3 N–H and O–H groups in total. The number of nitrogens with zero attached hydrogens (tertiary/aromatic N) is 3. The summed E-state index contributed by atoms with van der Waals surface area (Å²) in [6.07, 6.45) is -3.47. The van der Waals surface area contributed by atoms with Gasteiger partial charge in [0.1, 0.15) is 12.1 Å². The van der Waals surface area contributed by atoms with Crippen LogP contribution in [0.1, 0.15) is 39.3 Å². The summed E-state index contributed by atoms with van der Waals surface area (Å²) >= 11 is 0. The maximum Gasteiger partial charge on any atom is 0.405 e. The summed E-state index contributed by atoms with van der Waals surface area (Å²) in [5.41, 5.74) is 1.10. The summed E-state index contributed by atoms with van der Waals surface area (Å²) in [7, 11) is -7.23. The Morgan fingerprint density at radius 3 is 2.14 bits per heavy atom. The Kier molecular flexibility index (Phi) is 8.73. The van der Waals surface area contributed by atoms with Crippen LogP contribution in [0.3, 0.4) is 0 Å². The highest BCUT2D eigenvalue weighted by Gasteiger charge is 2.28. The zero-order valence-electron chi connectivity index (χ0n) is 24.0. The topological polar surface area (TPSA) is 143 Å². The van der Waals surface area contributed by atoms with E-state index in [4.69, 9.17) is 0 Å². The van der Waals surface area contributed by atoms with E-state index in [1.54, 1.807) is 64.1 Å². The Labute approximate surface area is 248 Å². The first-order valence-corrected chi connectivity index (χ1v) is 16.4. The van der Waals surface area contributed by atoms with Gasteiger partial charge in [0.2, 0.25) is 16.0 Å². The molecule has 0 amide bonds. The van der Waals surface area contributed by atoms with Crippen molar-refractivity contribution in [3.63, 3.8) is 0 Å². The number of hydrogen-bond acceptors (Lipinski definition) is 9. The number of nitrogens with one attached hydrogen (secondary N) is 3. The number of aromatic nitrogens is 3. The van der Waals surface area contributed by atoms with Crippen molar-refractivity contribution < 1.29 is 30.0 Å². The van der Waals surface area contributed by atoms with Gasteiger partial charge in [0.25, 0.3) is 0 Å². The molecule has 0 aliphatic heterocycles. The third-order valence-electron chi connectivity index (χ3n) is 6.03. The van der Waals surface area contributed by atoms with Gasteiger partial charge in [-0.1, -0.05) is 24.3 Å². The smallest absolute Gasteiger partial charge is 0.359 e. The van der Waals surface area contributed by atoms with Gasteiger partial charge in [-0.15, -0.1) is 0 Å². The van der Waals surface area contributed by atoms with E-state index in [0.29, 0.717) is 16.8 Å². The monoisotopic (exact) mass is 636 g/mol. The number of rotatable bonds is 9. The Morgan fingerprint density at radius 1 is 0.860 bits per heavy atom. The molecule has 15 heteroatoms. The zero-order chi connectivity index (χ0) is 31.8. The second kappa shape index (κ2) is 11.7. The van der Waals surface area contributed by atoms with Crippen LogP contribution in [0.25, 0.3) is 22.3 Å². The van der Waals surface area contributed by atoms with Crippen LogP contribution in [0.2, 0.25) is 0 Å². The fraction of sp³-hybridized carbons (Fsp3) is 0.321. The number of pyridine rings is 1. The summed E-state index contributed by atoms with van der Waals surface area (Å²) < 4.78 is 91.3. The lowest BCUT2D eigenvalue weighted by molar-refractivity contribution is -0.115. The molecule has 10 nitrogen and oxygen atoms in total. The number of benzene rings is 2. The number of sulfonamides is 1. The average Bonchev–Trinajstić information content (AvgIpc) is 2.89. The number of alkyl halides is 3. The summed E-state index contributed by atoms with van der Waals surface area (Å²) in [4.78, 5) is 13.3. The van der Waals surface area contributed by atoms with Gasteiger partial charge < -0.3 is 10.6 Å². The van der Waals surface area contributed by atoms with Crippen LogP contribution in [-0.2, 0) is 19.9 Å². The first-order valence-electron chi connectivity index (χ1n) is 13.0. The van der Waals surface area contributed by atoms with Gasteiger partial charge >= 0.3 is 6.18 Å². The van der Waals surface area contributed by atoms with Crippen molar-refractivity contribution in [2.24, 2.45) is 0 Å². The van der Waals surface area contributed by atoms with Gasteiger partial charge in [0.05, 0.1) is 27.0 Å². The normalized spacial score (nSPS) is 13.6. The summed E-state index contributed by atoms with van der Waals surface area (Å²) in [5.74, 6) is -0.155. The van der Waals surface area contributed by atoms with Crippen molar-refractivity contribution >= 4 is 42.7 Å². The number of sulfone groups is 1. The first kappa shape index (κ1) is 32.1. The highest BCUT2D eigenvalue weighted by molar-refractivity contribution is 7.90. The van der Waals surface area contributed by atoms with Crippen LogP contribution >= 0.6 is 0 Å². The number of anilines is 2. The molecule has 0 bridgehead atoms. The molecule has 2 heterocycles. The van der Waals surface area contributed by atoms with E-state index < -0.39 is 44.2 Å². The Hall–Kier alpha value is -3.82. The van der Waals surface area contributed by atoms with Gasteiger partial charge in [-0.2, -0.15) is 18.2 Å². The van der Waals surface area contributed by atoms with E-state index in [0.717, 1.165) is 6.26 Å². The van der Waals surface area contributed by atoms with E-state index in [-0.39, 0.29) is 32.6 Å². The van der Waals surface area contributed by atoms with Crippen molar-refractivity contribution in [2.45, 2.75) is 55.2 Å². The molecule has 0 aliphatic rings. The van der Waals surface area contributed by atoms with E-state index in [9.17, 15) is 30.0 Å². The van der Waals surface area contributed by atoms with Gasteiger partial charge in [-0.3, -0.25) is 0 Å². The predicted molar refractivity (Wildman–Crippen MR) is 159 cm³/mol. The molecule has 0 fully saturated rings. The largest absolute Gasteiger partial charge is 0.405 e. The third kappa shape index (κ3) is 8.39. The molecular weight excluding hydrogens is 605 g/mol. The molecule has 0 unspecified atom stereocenters. The van der Waals surface area contributed by atoms with Crippen molar-refractivity contribution in [3.05, 3.63) is 66.2 Å². The summed E-state index contributed by atoms with van der Waals surface area (Å²) in [6, 6.07) is 14.9. The van der Waals surface area contributed by atoms with Crippen LogP contribution in [0.15, 0.2) is 70.5 Å². The Balaban J connectivity index is 1.67. The van der Waals surface area contributed by atoms with Crippen molar-refractivity contribution in [1.82, 2.24) is 19.7 Å². The molecule has 0 saturated carbocycles. The molecule has 43 heavy (non-hydrogen) atoms. The van der Waals surface area contributed by atoms with Crippen LogP contribution in [0, 0.1) is 0 Å². The number of halogens is 3. The SMILES string of the molecule is C[C@@H](Nc1nc(NCC(F)(F)F)c2nc(-c3cccc(S(C)(=O)=O)c3)ccc2n1)c1ccc(S(=O)(=O)NC(C)(C)C)cc1. The maximum atomic E-state index is 13.1. The van der Waals surface area contributed by atoms with E-state index in [1.807, 2.05) is 0 Å². The zero-order valence-corrected chi connectivity index (χ0v) is 25.6. The van der Waals surface area contributed by atoms with Gasteiger partial charge in [0, 0.05) is 17.4 Å². The molecular formula is C28H31F3N6O4S2. The second-order valence-electron chi connectivity index (χ2n) is 11.0. The fourth-order valence-electron chi connectivity index (χ4n) is 4.11. The lowest BCUT2D eigenvalue weighted by Gasteiger charge is -2.21. The Bertz CT molecular complexity index is 1860. The number of hydrogen-bond donors (Lipinski definition) is 3. The lowest BCUT2D eigenvalue weighted by atomic mass is 10.1. The third-order valence-corrected chi connectivity index (χ3v) is 8.92. The van der Waals surface area contributed by atoms with E-state index >= 15 is 0 Å². The van der Waals surface area contributed by atoms with Crippen molar-refractivity contribution in [1.29, 1.82) is 0 Å². The molecule has 2 aromatic heterocycles.